The molecule has 0 saturated heterocycles. The summed E-state index contributed by atoms with van der Waals surface area (Å²) in [4.78, 5) is 11.4. The summed E-state index contributed by atoms with van der Waals surface area (Å²) in [7, 11) is -0.489. The van der Waals surface area contributed by atoms with Gasteiger partial charge in [0.15, 0.2) is 8.32 Å². The lowest BCUT2D eigenvalue weighted by Crippen LogP contribution is -2.43. The Morgan fingerprint density at radius 1 is 1.12 bits per heavy atom. The van der Waals surface area contributed by atoms with Gasteiger partial charge in [-0.15, -0.1) is 0 Å². The number of aliphatic hydroxyl groups excluding tert-OH is 1. The Morgan fingerprint density at radius 3 is 2.12 bits per heavy atom. The van der Waals surface area contributed by atoms with Crippen molar-refractivity contribution in [1.29, 1.82) is 0 Å². The highest BCUT2D eigenvalue weighted by atomic mass is 28.4. The third kappa shape index (κ3) is 10.3. The minimum absolute atomic E-state index is 0.0400. The molecule has 0 radical (unpaired) electrons. The monoisotopic (exact) mass is 358 g/mol. The number of methoxy groups -OCH3 is 1. The van der Waals surface area contributed by atoms with Crippen LogP contribution in [0.1, 0.15) is 66.2 Å². The number of unbranched alkanes of at least 4 members (excludes halogenated alkanes) is 3. The molecule has 0 aliphatic heterocycles. The Bertz CT molecular complexity index is 383. The van der Waals surface area contributed by atoms with Crippen LogP contribution in [0, 0.1) is 0 Å². The molecule has 0 unspecified atom stereocenters. The van der Waals surface area contributed by atoms with Crippen molar-refractivity contribution < 1.29 is 19.1 Å². The van der Waals surface area contributed by atoms with Gasteiger partial charge in [-0.05, 0) is 44.0 Å². The zero-order valence-corrected chi connectivity index (χ0v) is 17.7. The number of aliphatic hydroxyl groups is 1. The molecule has 0 aliphatic carbocycles. The van der Waals surface area contributed by atoms with Crippen LogP contribution in [-0.2, 0) is 14.0 Å². The maximum atomic E-state index is 11.4. The van der Waals surface area contributed by atoms with E-state index in [0.717, 1.165) is 38.5 Å². The summed E-state index contributed by atoms with van der Waals surface area (Å²) in [5.74, 6) is -0.337. The van der Waals surface area contributed by atoms with E-state index in [9.17, 15) is 9.90 Å². The van der Waals surface area contributed by atoms with Gasteiger partial charge in [-0.2, -0.15) is 0 Å². The third-order valence-electron chi connectivity index (χ3n) is 4.76. The summed E-state index contributed by atoms with van der Waals surface area (Å²) in [6.07, 6.45) is 9.22. The van der Waals surface area contributed by atoms with Crippen LogP contribution < -0.4 is 0 Å². The maximum Gasteiger partial charge on any atom is 0.330 e. The SMILES string of the molecule is COC(=O)/C=C/[C@H](CCCCCC[C@@H](C)O)O[Si](C)(C)C(C)(C)C. The van der Waals surface area contributed by atoms with Crippen molar-refractivity contribution in [1.82, 2.24) is 0 Å². The van der Waals surface area contributed by atoms with Crippen molar-refractivity contribution >= 4 is 14.3 Å². The zero-order valence-electron chi connectivity index (χ0n) is 16.7. The number of carbonyl (C=O) groups excluding carboxylic acids is 1. The average Bonchev–Trinajstić information content (AvgIpc) is 2.45. The van der Waals surface area contributed by atoms with Crippen molar-refractivity contribution in [2.45, 2.75) is 96.6 Å². The Morgan fingerprint density at radius 2 is 1.67 bits per heavy atom. The first-order valence-electron chi connectivity index (χ1n) is 9.11. The molecule has 0 amide bonds. The molecule has 0 aromatic heterocycles. The number of ether oxygens (including phenoxy) is 1. The molecule has 0 heterocycles. The topological polar surface area (TPSA) is 55.8 Å². The summed E-state index contributed by atoms with van der Waals surface area (Å²) in [6, 6.07) is 0. The molecule has 0 aromatic carbocycles. The fourth-order valence-corrected chi connectivity index (χ4v) is 3.45. The number of hydrogen-bond donors (Lipinski definition) is 1. The first-order valence-corrected chi connectivity index (χ1v) is 12.0. The van der Waals surface area contributed by atoms with Gasteiger partial charge < -0.3 is 14.3 Å². The minimum Gasteiger partial charge on any atom is -0.466 e. The molecule has 4 nitrogen and oxygen atoms in total. The number of rotatable bonds is 11. The lowest BCUT2D eigenvalue weighted by molar-refractivity contribution is -0.134. The molecule has 5 heteroatoms. The first kappa shape index (κ1) is 23.3. The summed E-state index contributed by atoms with van der Waals surface area (Å²) in [5.41, 5.74) is 0. The number of hydrogen-bond acceptors (Lipinski definition) is 4. The van der Waals surface area contributed by atoms with Gasteiger partial charge in [0.05, 0.1) is 19.3 Å². The van der Waals surface area contributed by atoms with Crippen LogP contribution >= 0.6 is 0 Å². The summed E-state index contributed by atoms with van der Waals surface area (Å²) in [5, 5.41) is 9.42. The van der Waals surface area contributed by atoms with Crippen LogP contribution in [0.3, 0.4) is 0 Å². The van der Waals surface area contributed by atoms with Gasteiger partial charge in [-0.25, -0.2) is 4.79 Å². The molecule has 2 atom stereocenters. The normalized spacial score (nSPS) is 15.5. The van der Waals surface area contributed by atoms with Crippen LogP contribution in [0.25, 0.3) is 0 Å². The molecule has 0 fully saturated rings. The van der Waals surface area contributed by atoms with E-state index in [1.165, 1.54) is 13.2 Å². The van der Waals surface area contributed by atoms with Crippen LogP contribution in [0.5, 0.6) is 0 Å². The van der Waals surface area contributed by atoms with E-state index >= 15 is 0 Å². The molecular formula is C19H38O4Si. The highest BCUT2D eigenvalue weighted by Crippen LogP contribution is 2.38. The van der Waals surface area contributed by atoms with Crippen LogP contribution in [-0.4, -0.2) is 38.7 Å². The van der Waals surface area contributed by atoms with Crippen molar-refractivity contribution in [3.05, 3.63) is 12.2 Å². The molecular weight excluding hydrogens is 320 g/mol. The van der Waals surface area contributed by atoms with Gasteiger partial charge in [0.25, 0.3) is 0 Å². The summed E-state index contributed by atoms with van der Waals surface area (Å²) >= 11 is 0. The minimum atomic E-state index is -1.88. The van der Waals surface area contributed by atoms with Crippen molar-refractivity contribution in [2.75, 3.05) is 7.11 Å². The molecule has 1 N–H and O–H groups in total. The smallest absolute Gasteiger partial charge is 0.330 e. The van der Waals surface area contributed by atoms with E-state index in [2.05, 4.69) is 38.6 Å². The van der Waals surface area contributed by atoms with E-state index in [0.29, 0.717) is 0 Å². The van der Waals surface area contributed by atoms with E-state index < -0.39 is 8.32 Å². The van der Waals surface area contributed by atoms with Crippen molar-refractivity contribution in [2.24, 2.45) is 0 Å². The second-order valence-electron chi connectivity index (χ2n) is 8.14. The molecule has 0 aliphatic rings. The van der Waals surface area contributed by atoms with E-state index in [4.69, 9.17) is 4.43 Å². The zero-order chi connectivity index (χ0) is 18.8. The number of esters is 1. The van der Waals surface area contributed by atoms with Gasteiger partial charge in [-0.3, -0.25) is 0 Å². The lowest BCUT2D eigenvalue weighted by Gasteiger charge is -2.38. The molecule has 24 heavy (non-hydrogen) atoms. The van der Waals surface area contributed by atoms with Gasteiger partial charge in [0, 0.05) is 6.08 Å². The van der Waals surface area contributed by atoms with E-state index in [-0.39, 0.29) is 23.2 Å². The molecule has 0 rings (SSSR count). The number of carbonyl (C=O) groups is 1. The Hall–Kier alpha value is -0.653. The third-order valence-corrected chi connectivity index (χ3v) is 9.27. The van der Waals surface area contributed by atoms with Crippen LogP contribution in [0.4, 0.5) is 0 Å². The molecule has 0 spiro atoms. The van der Waals surface area contributed by atoms with Crippen LogP contribution in [0.15, 0.2) is 12.2 Å². The average molecular weight is 359 g/mol. The van der Waals surface area contributed by atoms with Gasteiger partial charge in [-0.1, -0.05) is 46.5 Å². The summed E-state index contributed by atoms with van der Waals surface area (Å²) in [6.45, 7) is 13.0. The van der Waals surface area contributed by atoms with Crippen molar-refractivity contribution in [3.8, 4) is 0 Å². The Balaban J connectivity index is 4.55. The largest absolute Gasteiger partial charge is 0.466 e. The molecule has 142 valence electrons. The Kier molecular flexibility index (Phi) is 10.8. The first-order chi connectivity index (χ1) is 11.0. The fraction of sp³-hybridized carbons (Fsp3) is 0.842. The second-order valence-corrected chi connectivity index (χ2v) is 12.9. The van der Waals surface area contributed by atoms with E-state index in [1.54, 1.807) is 0 Å². The highest BCUT2D eigenvalue weighted by molar-refractivity contribution is 6.74. The highest BCUT2D eigenvalue weighted by Gasteiger charge is 2.38. The van der Waals surface area contributed by atoms with E-state index in [1.807, 2.05) is 13.0 Å². The maximum absolute atomic E-state index is 11.4. The molecule has 0 bridgehead atoms. The van der Waals surface area contributed by atoms with Gasteiger partial charge >= 0.3 is 5.97 Å². The lowest BCUT2D eigenvalue weighted by atomic mass is 10.1. The second kappa shape index (κ2) is 11.1. The molecule has 0 saturated carbocycles. The predicted molar refractivity (Wildman–Crippen MR) is 103 cm³/mol. The van der Waals surface area contributed by atoms with Crippen molar-refractivity contribution in [3.63, 3.8) is 0 Å². The molecule has 0 aromatic rings. The van der Waals surface area contributed by atoms with Crippen LogP contribution in [0.2, 0.25) is 18.1 Å². The fourth-order valence-electron chi connectivity index (χ4n) is 2.14. The standard InChI is InChI=1S/C19H38O4Si/c1-16(20)12-10-8-9-11-13-17(14-15-18(21)22-5)23-24(6,7)19(2,3)4/h14-17,20H,8-13H2,1-7H3/b15-14+/t16-,17+/m1/s1. The summed E-state index contributed by atoms with van der Waals surface area (Å²) < 4.78 is 11.1. The quantitative estimate of drug-likeness (QED) is 0.249. The predicted octanol–water partition coefficient (Wildman–Crippen LogP) is 4.83. The Labute approximate surface area is 149 Å². The van der Waals surface area contributed by atoms with Gasteiger partial charge in [0.1, 0.15) is 0 Å². The van der Waals surface area contributed by atoms with Gasteiger partial charge in [0.2, 0.25) is 0 Å².